The number of aryl methyl sites for hydroxylation is 1. The fraction of sp³-hybridized carbons (Fsp3) is 0.217. The molecule has 150 valence electrons. The van der Waals surface area contributed by atoms with E-state index >= 15 is 0 Å². The smallest absolute Gasteiger partial charge is 0.263 e. The van der Waals surface area contributed by atoms with Crippen LogP contribution in [0.1, 0.15) is 17.8 Å². The zero-order chi connectivity index (χ0) is 21.0. The molecule has 3 aliphatic rings. The second-order valence-electron chi connectivity index (χ2n) is 7.46. The van der Waals surface area contributed by atoms with Crippen molar-refractivity contribution in [2.45, 2.75) is 12.8 Å². The van der Waals surface area contributed by atoms with Crippen LogP contribution in [0.4, 0.5) is 0 Å². The zero-order valence-electron chi connectivity index (χ0n) is 16.5. The van der Waals surface area contributed by atoms with E-state index in [0.717, 1.165) is 43.7 Å². The average molecular weight is 436 g/mol. The number of benzene rings is 1. The topological polar surface area (TPSA) is 58.3 Å². The van der Waals surface area contributed by atoms with Gasteiger partial charge in [0.1, 0.15) is 17.7 Å². The average Bonchev–Trinajstić information content (AvgIpc) is 3.31. The number of likely N-dealkylation sites (N-methyl/N-ethyl adjacent to an activating group) is 1. The number of carbonyl (C=O) groups excluding carboxylic acids is 3. The van der Waals surface area contributed by atoms with Gasteiger partial charge in [0.15, 0.2) is 5.78 Å². The van der Waals surface area contributed by atoms with Gasteiger partial charge in [0.25, 0.3) is 5.01 Å². The number of ketones is 3. The summed E-state index contributed by atoms with van der Waals surface area (Å²) < 4.78 is 3.00. The third-order valence-corrected chi connectivity index (χ3v) is 8.02. The number of allylic oxidation sites excluding steroid dienone is 4. The van der Waals surface area contributed by atoms with Gasteiger partial charge >= 0.3 is 0 Å². The molecule has 0 N–H and O–H groups in total. The summed E-state index contributed by atoms with van der Waals surface area (Å²) >= 11 is 3.04. The lowest BCUT2D eigenvalue weighted by Gasteiger charge is -2.16. The molecule has 1 aromatic heterocycles. The molecule has 2 fully saturated rings. The number of aromatic nitrogens is 1. The van der Waals surface area contributed by atoms with Gasteiger partial charge in [-0.1, -0.05) is 47.4 Å². The first-order chi connectivity index (χ1) is 14.5. The van der Waals surface area contributed by atoms with Crippen molar-refractivity contribution in [1.82, 2.24) is 4.90 Å². The zero-order valence-corrected chi connectivity index (χ0v) is 18.2. The summed E-state index contributed by atoms with van der Waals surface area (Å²) in [5.41, 5.74) is 2.10. The molecule has 1 atom stereocenters. The van der Waals surface area contributed by atoms with Crippen LogP contribution in [-0.2, 0) is 21.4 Å². The normalized spacial score (nSPS) is 24.3. The summed E-state index contributed by atoms with van der Waals surface area (Å²) in [6.45, 7) is 0. The van der Waals surface area contributed by atoms with E-state index in [1.54, 1.807) is 23.9 Å². The fourth-order valence-corrected chi connectivity index (χ4v) is 6.24. The first-order valence-corrected chi connectivity index (χ1v) is 11.3. The number of Topliss-reactive ketones (excluding diaryl/α,β-unsaturated/α-hetero) is 3. The molecule has 0 amide bonds. The van der Waals surface area contributed by atoms with Crippen LogP contribution in [0.3, 0.4) is 0 Å². The number of hydrogen-bond donors (Lipinski definition) is 0. The third-order valence-electron chi connectivity index (χ3n) is 5.64. The van der Waals surface area contributed by atoms with Crippen molar-refractivity contribution in [3.8, 4) is 0 Å². The predicted octanol–water partition coefficient (Wildman–Crippen LogP) is 3.53. The molecule has 0 radical (unpaired) electrons. The molecule has 5 rings (SSSR count). The number of hydrogen-bond acceptors (Lipinski definition) is 6. The molecule has 2 aliphatic carbocycles. The molecular weight excluding hydrogens is 416 g/mol. The Labute approximate surface area is 182 Å². The Bertz CT molecular complexity index is 1260. The lowest BCUT2D eigenvalue weighted by atomic mass is 10.1. The molecule has 0 bridgehead atoms. The number of thioether (sulfide) groups is 1. The van der Waals surface area contributed by atoms with Crippen LogP contribution < -0.4 is 4.57 Å². The van der Waals surface area contributed by atoms with Gasteiger partial charge in [0.05, 0.1) is 16.3 Å². The van der Waals surface area contributed by atoms with Crippen molar-refractivity contribution in [2.24, 2.45) is 13.0 Å². The Balaban J connectivity index is 1.51. The predicted molar refractivity (Wildman–Crippen MR) is 118 cm³/mol. The molecule has 1 saturated heterocycles. The lowest BCUT2D eigenvalue weighted by molar-refractivity contribution is -0.642. The summed E-state index contributed by atoms with van der Waals surface area (Å²) in [7, 11) is 3.82. The molecule has 0 spiro atoms. The summed E-state index contributed by atoms with van der Waals surface area (Å²) in [6, 6.07) is 7.88. The lowest BCUT2D eigenvalue weighted by Crippen LogP contribution is -2.29. The third kappa shape index (κ3) is 2.92. The largest absolute Gasteiger partial charge is 0.339 e. The first kappa shape index (κ1) is 19.2. The molecular formula is C23H19N2O3S2+. The monoisotopic (exact) mass is 435 g/mol. The van der Waals surface area contributed by atoms with Crippen molar-refractivity contribution in [2.75, 3.05) is 7.05 Å². The molecule has 1 saturated carbocycles. The van der Waals surface area contributed by atoms with Crippen LogP contribution >= 0.6 is 23.1 Å². The minimum atomic E-state index is -1.05. The Kier molecular flexibility index (Phi) is 4.60. The van der Waals surface area contributed by atoms with Gasteiger partial charge in [0, 0.05) is 24.1 Å². The van der Waals surface area contributed by atoms with Gasteiger partial charge in [0.2, 0.25) is 17.1 Å². The second-order valence-corrected chi connectivity index (χ2v) is 9.59. The molecule has 1 unspecified atom stereocenters. The van der Waals surface area contributed by atoms with Crippen molar-refractivity contribution in [3.63, 3.8) is 0 Å². The molecule has 5 nitrogen and oxygen atoms in total. The summed E-state index contributed by atoms with van der Waals surface area (Å²) in [4.78, 5) is 41.5. The first-order valence-electron chi connectivity index (χ1n) is 9.72. The van der Waals surface area contributed by atoms with E-state index in [1.807, 2.05) is 47.8 Å². The quantitative estimate of drug-likeness (QED) is 0.238. The number of nitrogens with zero attached hydrogens (tertiary/aromatic N) is 2. The van der Waals surface area contributed by atoms with Gasteiger partial charge in [-0.25, -0.2) is 0 Å². The van der Waals surface area contributed by atoms with Gasteiger partial charge in [-0.05, 0) is 25.0 Å². The van der Waals surface area contributed by atoms with E-state index in [-0.39, 0.29) is 5.57 Å². The van der Waals surface area contributed by atoms with Crippen molar-refractivity contribution in [3.05, 3.63) is 68.7 Å². The van der Waals surface area contributed by atoms with Crippen LogP contribution in [0.15, 0.2) is 63.7 Å². The summed E-state index contributed by atoms with van der Waals surface area (Å²) in [5, 5.41) is 1.59. The number of rotatable bonds is 2. The molecule has 1 aromatic carbocycles. The molecule has 30 heavy (non-hydrogen) atoms. The van der Waals surface area contributed by atoms with Gasteiger partial charge in [-0.2, -0.15) is 4.57 Å². The minimum Gasteiger partial charge on any atom is -0.339 e. The highest BCUT2D eigenvalue weighted by atomic mass is 32.2. The van der Waals surface area contributed by atoms with E-state index in [9.17, 15) is 14.4 Å². The highest BCUT2D eigenvalue weighted by Gasteiger charge is 2.45. The van der Waals surface area contributed by atoms with E-state index in [2.05, 4.69) is 12.2 Å². The summed E-state index contributed by atoms with van der Waals surface area (Å²) in [5.74, 6) is -2.80. The van der Waals surface area contributed by atoms with E-state index < -0.39 is 23.3 Å². The molecule has 1 aliphatic heterocycles. The maximum atomic E-state index is 13.0. The van der Waals surface area contributed by atoms with E-state index in [1.165, 1.54) is 11.3 Å². The van der Waals surface area contributed by atoms with Gasteiger partial charge in [-0.3, -0.25) is 14.4 Å². The van der Waals surface area contributed by atoms with Gasteiger partial charge in [-0.15, -0.1) is 0 Å². The number of thiazole rings is 1. The van der Waals surface area contributed by atoms with E-state index in [0.29, 0.717) is 0 Å². The SMILES string of the molecule is CN1C2=CCCC=C2S/C1=C/C1C(=O)C(=O)/C(=C\c2sc3ccccc3[n+]2C)C1=O. The van der Waals surface area contributed by atoms with Crippen LogP contribution in [0.25, 0.3) is 16.3 Å². The van der Waals surface area contributed by atoms with Crippen LogP contribution in [0, 0.1) is 5.92 Å². The number of fused-ring (bicyclic) bond motifs is 2. The van der Waals surface area contributed by atoms with Crippen LogP contribution in [0.2, 0.25) is 0 Å². The Morgan fingerprint density at radius 3 is 2.63 bits per heavy atom. The van der Waals surface area contributed by atoms with Crippen LogP contribution in [0.5, 0.6) is 0 Å². The fourth-order valence-electron chi connectivity index (χ4n) is 3.95. The summed E-state index contributed by atoms with van der Waals surface area (Å²) in [6.07, 6.45) is 9.54. The highest BCUT2D eigenvalue weighted by molar-refractivity contribution is 8.07. The van der Waals surface area contributed by atoms with Crippen molar-refractivity contribution >= 4 is 56.7 Å². The van der Waals surface area contributed by atoms with E-state index in [4.69, 9.17) is 0 Å². The van der Waals surface area contributed by atoms with Crippen molar-refractivity contribution in [1.29, 1.82) is 0 Å². The Hall–Kier alpha value is -2.77. The Morgan fingerprint density at radius 2 is 1.87 bits per heavy atom. The number of carbonyl (C=O) groups is 3. The highest BCUT2D eigenvalue weighted by Crippen LogP contribution is 2.46. The maximum absolute atomic E-state index is 13.0. The van der Waals surface area contributed by atoms with Crippen LogP contribution in [-0.4, -0.2) is 29.3 Å². The van der Waals surface area contributed by atoms with Crippen molar-refractivity contribution < 1.29 is 19.0 Å². The molecule has 7 heteroatoms. The standard InChI is InChI=1S/C23H19N2O3S2/c1-24-15-7-3-5-9-17(15)29-19(24)11-13-21(26)14(23(28)22(13)27)12-20-25(2)16-8-4-6-10-18(16)30-20/h3,5,7-12,14H,4,6H2,1-2H3/q+1/b13-11-,20-12+. The molecule has 2 aromatic rings. The molecule has 2 heterocycles. The van der Waals surface area contributed by atoms with Gasteiger partial charge < -0.3 is 4.90 Å². The Morgan fingerprint density at radius 1 is 1.10 bits per heavy atom. The maximum Gasteiger partial charge on any atom is 0.263 e. The minimum absolute atomic E-state index is 0.0227. The second kappa shape index (κ2) is 7.18. The number of para-hydroxylation sites is 1.